The molecule has 0 aliphatic heterocycles. The van der Waals surface area contributed by atoms with Gasteiger partial charge in [-0.05, 0) is 43.7 Å². The van der Waals surface area contributed by atoms with Crippen molar-refractivity contribution in [2.45, 2.75) is 19.0 Å². The molecule has 0 aliphatic carbocycles. The summed E-state index contributed by atoms with van der Waals surface area (Å²) >= 11 is 1.28. The number of methoxy groups -OCH3 is 1. The standard InChI is InChI=1S/C27H25N5O3S/c1-18-4-10-21(11-5-18)25-30-31-27(32(25)23-14-6-19(2)7-15-23)36-17-24(33)29-28-16-20-8-12-22(13-9-20)26(34)35-3/h4-16H,17H2,1-3H3,(H,29,33). The van der Waals surface area contributed by atoms with Crippen LogP contribution in [0.4, 0.5) is 0 Å². The number of ether oxygens (including phenoxy) is 1. The van der Waals surface area contributed by atoms with E-state index in [0.717, 1.165) is 27.9 Å². The van der Waals surface area contributed by atoms with Crippen molar-refractivity contribution in [1.29, 1.82) is 0 Å². The van der Waals surface area contributed by atoms with E-state index in [2.05, 4.69) is 25.5 Å². The second kappa shape index (κ2) is 11.5. The van der Waals surface area contributed by atoms with E-state index in [1.807, 2.05) is 66.9 Å². The van der Waals surface area contributed by atoms with E-state index >= 15 is 0 Å². The van der Waals surface area contributed by atoms with Crippen molar-refractivity contribution in [3.8, 4) is 17.1 Å². The zero-order chi connectivity index (χ0) is 25.5. The Bertz CT molecular complexity index is 1380. The van der Waals surface area contributed by atoms with Gasteiger partial charge < -0.3 is 4.74 Å². The second-order valence-electron chi connectivity index (χ2n) is 8.04. The zero-order valence-electron chi connectivity index (χ0n) is 20.1. The van der Waals surface area contributed by atoms with Crippen LogP contribution in [0, 0.1) is 13.8 Å². The summed E-state index contributed by atoms with van der Waals surface area (Å²) in [5.41, 5.74) is 7.86. The number of carbonyl (C=O) groups is 2. The van der Waals surface area contributed by atoms with Gasteiger partial charge in [-0.25, -0.2) is 10.2 Å². The highest BCUT2D eigenvalue weighted by molar-refractivity contribution is 7.99. The van der Waals surface area contributed by atoms with Gasteiger partial charge in [-0.2, -0.15) is 5.10 Å². The summed E-state index contributed by atoms with van der Waals surface area (Å²) in [5.74, 6) is 0.122. The maximum atomic E-state index is 12.4. The summed E-state index contributed by atoms with van der Waals surface area (Å²) in [7, 11) is 1.33. The highest BCUT2D eigenvalue weighted by Crippen LogP contribution is 2.28. The minimum atomic E-state index is -0.409. The van der Waals surface area contributed by atoms with Gasteiger partial charge >= 0.3 is 5.97 Å². The first kappa shape index (κ1) is 24.9. The van der Waals surface area contributed by atoms with Gasteiger partial charge in [0.2, 0.25) is 0 Å². The second-order valence-corrected chi connectivity index (χ2v) is 8.98. The van der Waals surface area contributed by atoms with Gasteiger partial charge in [0.15, 0.2) is 11.0 Å². The molecule has 4 rings (SSSR count). The number of carbonyl (C=O) groups excluding carboxylic acids is 2. The minimum Gasteiger partial charge on any atom is -0.465 e. The Morgan fingerprint density at radius 2 is 1.58 bits per heavy atom. The van der Waals surface area contributed by atoms with Crippen molar-refractivity contribution in [3.63, 3.8) is 0 Å². The van der Waals surface area contributed by atoms with E-state index in [9.17, 15) is 9.59 Å². The van der Waals surface area contributed by atoms with Gasteiger partial charge in [0.25, 0.3) is 5.91 Å². The van der Waals surface area contributed by atoms with Crippen LogP contribution in [0.1, 0.15) is 27.0 Å². The number of thioether (sulfide) groups is 1. The lowest BCUT2D eigenvalue weighted by atomic mass is 10.1. The molecule has 1 aromatic heterocycles. The number of hydrazone groups is 1. The van der Waals surface area contributed by atoms with Gasteiger partial charge in [0.1, 0.15) is 0 Å². The molecular formula is C27H25N5O3S. The molecule has 182 valence electrons. The molecular weight excluding hydrogens is 474 g/mol. The van der Waals surface area contributed by atoms with Crippen LogP contribution in [0.3, 0.4) is 0 Å². The number of rotatable bonds is 8. The van der Waals surface area contributed by atoms with E-state index in [1.165, 1.54) is 25.1 Å². The van der Waals surface area contributed by atoms with E-state index in [4.69, 9.17) is 0 Å². The monoisotopic (exact) mass is 499 g/mol. The molecule has 0 atom stereocenters. The molecule has 0 saturated heterocycles. The number of esters is 1. The summed E-state index contributed by atoms with van der Waals surface area (Å²) in [6.07, 6.45) is 1.51. The largest absolute Gasteiger partial charge is 0.465 e. The molecule has 0 aliphatic rings. The first-order valence-electron chi connectivity index (χ1n) is 11.2. The normalized spacial score (nSPS) is 11.0. The summed E-state index contributed by atoms with van der Waals surface area (Å²) in [6.45, 7) is 4.07. The molecule has 36 heavy (non-hydrogen) atoms. The third-order valence-corrected chi connectivity index (χ3v) is 6.23. The van der Waals surface area contributed by atoms with Crippen LogP contribution < -0.4 is 5.43 Å². The summed E-state index contributed by atoms with van der Waals surface area (Å²) in [6, 6.07) is 22.9. The van der Waals surface area contributed by atoms with Crippen LogP contribution >= 0.6 is 11.8 Å². The third-order valence-electron chi connectivity index (χ3n) is 5.30. The molecule has 4 aromatic rings. The summed E-state index contributed by atoms with van der Waals surface area (Å²) in [4.78, 5) is 23.9. The molecule has 8 nitrogen and oxygen atoms in total. The zero-order valence-corrected chi connectivity index (χ0v) is 21.0. The van der Waals surface area contributed by atoms with Crippen LogP contribution in [0.15, 0.2) is 83.1 Å². The van der Waals surface area contributed by atoms with Crippen molar-refractivity contribution >= 4 is 29.9 Å². The topological polar surface area (TPSA) is 98.5 Å². The highest BCUT2D eigenvalue weighted by Gasteiger charge is 2.17. The Morgan fingerprint density at radius 3 is 2.22 bits per heavy atom. The van der Waals surface area contributed by atoms with E-state index < -0.39 is 5.97 Å². The van der Waals surface area contributed by atoms with Crippen LogP contribution in [-0.4, -0.2) is 45.7 Å². The fourth-order valence-corrected chi connectivity index (χ4v) is 4.09. The highest BCUT2D eigenvalue weighted by atomic mass is 32.2. The van der Waals surface area contributed by atoms with Crippen LogP contribution in [-0.2, 0) is 9.53 Å². The Balaban J connectivity index is 1.45. The maximum absolute atomic E-state index is 12.4. The molecule has 1 N–H and O–H groups in total. The van der Waals surface area contributed by atoms with Gasteiger partial charge in [-0.15, -0.1) is 10.2 Å². The first-order chi connectivity index (χ1) is 17.4. The first-order valence-corrected chi connectivity index (χ1v) is 12.2. The predicted molar refractivity (Wildman–Crippen MR) is 141 cm³/mol. The molecule has 0 saturated carbocycles. The van der Waals surface area contributed by atoms with Crippen LogP contribution in [0.25, 0.3) is 17.1 Å². The van der Waals surface area contributed by atoms with Crippen molar-refractivity contribution in [2.75, 3.05) is 12.9 Å². The number of nitrogens with zero attached hydrogens (tertiary/aromatic N) is 4. The van der Waals surface area contributed by atoms with Crippen LogP contribution in [0.2, 0.25) is 0 Å². The Morgan fingerprint density at radius 1 is 0.944 bits per heavy atom. The van der Waals surface area contributed by atoms with Crippen molar-refractivity contribution in [3.05, 3.63) is 95.1 Å². The van der Waals surface area contributed by atoms with Crippen molar-refractivity contribution < 1.29 is 14.3 Å². The molecule has 3 aromatic carbocycles. The number of amides is 1. The lowest BCUT2D eigenvalue weighted by molar-refractivity contribution is -0.118. The summed E-state index contributed by atoms with van der Waals surface area (Å²) < 4.78 is 6.63. The number of aryl methyl sites for hydroxylation is 2. The molecule has 0 radical (unpaired) electrons. The van der Waals surface area contributed by atoms with Gasteiger partial charge in [-0.3, -0.25) is 9.36 Å². The molecule has 9 heteroatoms. The molecule has 1 amide bonds. The molecule has 1 heterocycles. The molecule has 0 fully saturated rings. The Labute approximate surface area is 213 Å². The Kier molecular flexibility index (Phi) is 7.92. The lowest BCUT2D eigenvalue weighted by Gasteiger charge is -2.11. The quantitative estimate of drug-likeness (QED) is 0.165. The number of aromatic nitrogens is 3. The molecule has 0 spiro atoms. The van der Waals surface area contributed by atoms with E-state index in [-0.39, 0.29) is 11.7 Å². The van der Waals surface area contributed by atoms with Gasteiger partial charge in [0.05, 0.1) is 24.6 Å². The Hall–Kier alpha value is -4.24. The average Bonchev–Trinajstić information content (AvgIpc) is 3.32. The van der Waals surface area contributed by atoms with Crippen molar-refractivity contribution in [2.24, 2.45) is 5.10 Å². The van der Waals surface area contributed by atoms with Gasteiger partial charge in [0, 0.05) is 11.3 Å². The van der Waals surface area contributed by atoms with Gasteiger partial charge in [-0.1, -0.05) is 71.4 Å². The number of hydrogen-bond acceptors (Lipinski definition) is 7. The van der Waals surface area contributed by atoms with E-state index in [1.54, 1.807) is 24.3 Å². The lowest BCUT2D eigenvalue weighted by Crippen LogP contribution is -2.20. The van der Waals surface area contributed by atoms with Crippen molar-refractivity contribution in [1.82, 2.24) is 20.2 Å². The summed E-state index contributed by atoms with van der Waals surface area (Å²) in [5, 5.41) is 13.4. The number of benzene rings is 3. The smallest absolute Gasteiger partial charge is 0.337 e. The van der Waals surface area contributed by atoms with Crippen LogP contribution in [0.5, 0.6) is 0 Å². The fourth-order valence-electron chi connectivity index (χ4n) is 3.34. The SMILES string of the molecule is COC(=O)c1ccc(C=NNC(=O)CSc2nnc(-c3ccc(C)cc3)n2-c2ccc(C)cc2)cc1. The average molecular weight is 500 g/mol. The van der Waals surface area contributed by atoms with E-state index in [0.29, 0.717) is 16.5 Å². The maximum Gasteiger partial charge on any atom is 0.337 e. The minimum absolute atomic E-state index is 0.108. The fraction of sp³-hybridized carbons (Fsp3) is 0.148. The molecule has 0 bridgehead atoms. The molecule has 0 unspecified atom stereocenters. The third kappa shape index (κ3) is 6.05. The predicted octanol–water partition coefficient (Wildman–Crippen LogP) is 4.58. The number of hydrogen-bond donors (Lipinski definition) is 1. The number of nitrogens with one attached hydrogen (secondary N) is 1.